The van der Waals surface area contributed by atoms with Gasteiger partial charge in [-0.25, -0.2) is 0 Å². The number of aryl methyl sites for hydroxylation is 1. The zero-order valence-corrected chi connectivity index (χ0v) is 10.4. The Bertz CT molecular complexity index is 379. The van der Waals surface area contributed by atoms with Crippen molar-refractivity contribution in [3.63, 3.8) is 0 Å². The fourth-order valence-corrected chi connectivity index (χ4v) is 3.82. The minimum absolute atomic E-state index is 0.206. The average molecular weight is 230 g/mol. The topological polar surface area (TPSA) is 20.2 Å². The van der Waals surface area contributed by atoms with Crippen molar-refractivity contribution in [1.29, 1.82) is 0 Å². The summed E-state index contributed by atoms with van der Waals surface area (Å²) in [5.41, 5.74) is 2.57. The van der Waals surface area contributed by atoms with E-state index in [0.717, 1.165) is 12.3 Å². The van der Waals surface area contributed by atoms with Crippen LogP contribution in [0.2, 0.25) is 0 Å². The minimum atomic E-state index is -0.206. The van der Waals surface area contributed by atoms with Crippen molar-refractivity contribution in [2.45, 2.75) is 51.0 Å². The molecule has 0 spiro atoms. The van der Waals surface area contributed by atoms with E-state index in [4.69, 9.17) is 0 Å². The van der Waals surface area contributed by atoms with Crippen molar-refractivity contribution < 1.29 is 5.11 Å². The van der Waals surface area contributed by atoms with Crippen LogP contribution in [-0.2, 0) is 6.42 Å². The Labute approximate surface area is 104 Å². The highest BCUT2D eigenvalue weighted by molar-refractivity contribution is 5.32. The molecule has 3 rings (SSSR count). The van der Waals surface area contributed by atoms with Crippen LogP contribution >= 0.6 is 0 Å². The maximum atomic E-state index is 10.6. The molecule has 1 nitrogen and oxygen atoms in total. The monoisotopic (exact) mass is 230 g/mol. The number of hydrogen-bond acceptors (Lipinski definition) is 1. The number of rotatable bonds is 1. The molecule has 92 valence electrons. The first-order valence-electron chi connectivity index (χ1n) is 7.12. The smallest absolute Gasteiger partial charge is 0.0823 e. The van der Waals surface area contributed by atoms with Crippen molar-refractivity contribution in [3.05, 3.63) is 35.4 Å². The molecule has 0 amide bonds. The molecule has 0 saturated heterocycles. The van der Waals surface area contributed by atoms with Crippen LogP contribution in [0.5, 0.6) is 0 Å². The maximum absolute atomic E-state index is 10.6. The first kappa shape index (κ1) is 11.3. The van der Waals surface area contributed by atoms with Gasteiger partial charge in [-0.15, -0.1) is 0 Å². The highest BCUT2D eigenvalue weighted by Crippen LogP contribution is 2.43. The van der Waals surface area contributed by atoms with Gasteiger partial charge in [0, 0.05) is 0 Å². The molecule has 1 N–H and O–H groups in total. The van der Waals surface area contributed by atoms with Gasteiger partial charge in [-0.1, -0.05) is 56.4 Å². The lowest BCUT2D eigenvalue weighted by Gasteiger charge is -2.37. The van der Waals surface area contributed by atoms with E-state index in [1.807, 2.05) is 0 Å². The predicted octanol–water partition coefficient (Wildman–Crippen LogP) is 3.86. The summed E-state index contributed by atoms with van der Waals surface area (Å²) in [5.74, 6) is 1.29. The van der Waals surface area contributed by atoms with E-state index in [2.05, 4.69) is 24.3 Å². The van der Waals surface area contributed by atoms with Crippen molar-refractivity contribution >= 4 is 0 Å². The van der Waals surface area contributed by atoms with E-state index in [-0.39, 0.29) is 6.10 Å². The summed E-state index contributed by atoms with van der Waals surface area (Å²) in [4.78, 5) is 0. The molecule has 1 fully saturated rings. The molecule has 1 aromatic carbocycles. The first-order valence-corrected chi connectivity index (χ1v) is 7.12. The zero-order chi connectivity index (χ0) is 11.7. The molecule has 0 radical (unpaired) electrons. The highest BCUT2D eigenvalue weighted by atomic mass is 16.3. The van der Waals surface area contributed by atoms with Crippen LogP contribution in [0.3, 0.4) is 0 Å². The van der Waals surface area contributed by atoms with Crippen LogP contribution in [0.25, 0.3) is 0 Å². The Hall–Kier alpha value is -0.820. The summed E-state index contributed by atoms with van der Waals surface area (Å²) in [6.07, 6.45) is 8.95. The van der Waals surface area contributed by atoms with Gasteiger partial charge in [0.25, 0.3) is 0 Å². The molecule has 0 bridgehead atoms. The quantitative estimate of drug-likeness (QED) is 0.776. The summed E-state index contributed by atoms with van der Waals surface area (Å²) >= 11 is 0. The van der Waals surface area contributed by atoms with Gasteiger partial charge in [-0.3, -0.25) is 0 Å². The van der Waals surface area contributed by atoms with E-state index in [0.29, 0.717) is 5.92 Å². The molecule has 17 heavy (non-hydrogen) atoms. The zero-order valence-electron chi connectivity index (χ0n) is 10.4. The van der Waals surface area contributed by atoms with Gasteiger partial charge in [0.05, 0.1) is 6.10 Å². The molecule has 0 aromatic heterocycles. The lowest BCUT2D eigenvalue weighted by atomic mass is 9.70. The highest BCUT2D eigenvalue weighted by Gasteiger charge is 2.33. The third-order valence-electron chi connectivity index (χ3n) is 4.78. The number of benzene rings is 1. The van der Waals surface area contributed by atoms with Crippen LogP contribution in [0, 0.1) is 11.8 Å². The first-order chi connectivity index (χ1) is 8.36. The van der Waals surface area contributed by atoms with Crippen LogP contribution in [0.1, 0.15) is 55.8 Å². The average Bonchev–Trinajstić information content (AvgIpc) is 2.40. The molecular formula is C16H22O. The standard InChI is InChI=1S/C16H22O/c17-16-14-9-5-4-8-13(14)10-11-15(16)12-6-2-1-3-7-12/h4-5,8-9,12,15-17H,1-3,6-7,10-11H2/t15-,16-/m0/s1. The van der Waals surface area contributed by atoms with E-state index < -0.39 is 0 Å². The predicted molar refractivity (Wildman–Crippen MR) is 69.8 cm³/mol. The van der Waals surface area contributed by atoms with Crippen molar-refractivity contribution in [2.24, 2.45) is 11.8 Å². The number of aliphatic hydroxyl groups is 1. The molecule has 0 aliphatic heterocycles. The summed E-state index contributed by atoms with van der Waals surface area (Å²) in [5, 5.41) is 10.6. The largest absolute Gasteiger partial charge is 0.388 e. The van der Waals surface area contributed by atoms with Crippen molar-refractivity contribution in [1.82, 2.24) is 0 Å². The second-order valence-electron chi connectivity index (χ2n) is 5.74. The Morgan fingerprint density at radius 1 is 0.941 bits per heavy atom. The molecule has 2 aliphatic rings. The van der Waals surface area contributed by atoms with Gasteiger partial charge < -0.3 is 5.11 Å². The van der Waals surface area contributed by atoms with Gasteiger partial charge >= 0.3 is 0 Å². The van der Waals surface area contributed by atoms with E-state index >= 15 is 0 Å². The summed E-state index contributed by atoms with van der Waals surface area (Å²) < 4.78 is 0. The lowest BCUT2D eigenvalue weighted by molar-refractivity contribution is 0.0442. The van der Waals surface area contributed by atoms with Crippen LogP contribution < -0.4 is 0 Å². The van der Waals surface area contributed by atoms with Gasteiger partial charge in [0.2, 0.25) is 0 Å². The molecule has 1 aromatic rings. The van der Waals surface area contributed by atoms with Crippen LogP contribution in [0.15, 0.2) is 24.3 Å². The molecule has 0 heterocycles. The van der Waals surface area contributed by atoms with Crippen LogP contribution in [-0.4, -0.2) is 5.11 Å². The minimum Gasteiger partial charge on any atom is -0.388 e. The summed E-state index contributed by atoms with van der Waals surface area (Å²) in [6, 6.07) is 8.45. The Morgan fingerprint density at radius 2 is 1.71 bits per heavy atom. The van der Waals surface area contributed by atoms with Crippen LogP contribution in [0.4, 0.5) is 0 Å². The normalized spacial score (nSPS) is 29.9. The Balaban J connectivity index is 1.81. The summed E-state index contributed by atoms with van der Waals surface area (Å²) in [7, 11) is 0. The molecule has 2 atom stereocenters. The van der Waals surface area contributed by atoms with Gasteiger partial charge in [0.15, 0.2) is 0 Å². The lowest BCUT2D eigenvalue weighted by Crippen LogP contribution is -2.28. The van der Waals surface area contributed by atoms with Gasteiger partial charge in [-0.05, 0) is 35.8 Å². The third-order valence-corrected chi connectivity index (χ3v) is 4.78. The van der Waals surface area contributed by atoms with Crippen molar-refractivity contribution in [2.75, 3.05) is 0 Å². The SMILES string of the molecule is O[C@H]1c2ccccc2CC[C@H]1C1CCCCC1. The van der Waals surface area contributed by atoms with E-state index in [1.54, 1.807) is 0 Å². The van der Waals surface area contributed by atoms with Gasteiger partial charge in [0.1, 0.15) is 0 Å². The number of aliphatic hydroxyl groups excluding tert-OH is 1. The molecule has 2 aliphatic carbocycles. The fourth-order valence-electron chi connectivity index (χ4n) is 3.82. The van der Waals surface area contributed by atoms with Gasteiger partial charge in [-0.2, -0.15) is 0 Å². The number of hydrogen-bond donors (Lipinski definition) is 1. The summed E-state index contributed by atoms with van der Waals surface area (Å²) in [6.45, 7) is 0. The second kappa shape index (κ2) is 4.81. The van der Waals surface area contributed by atoms with E-state index in [1.165, 1.54) is 49.7 Å². The molecule has 1 saturated carbocycles. The Kier molecular flexibility index (Phi) is 3.19. The molecule has 1 heteroatoms. The molecule has 0 unspecified atom stereocenters. The third kappa shape index (κ3) is 2.13. The fraction of sp³-hybridized carbons (Fsp3) is 0.625. The number of fused-ring (bicyclic) bond motifs is 1. The Morgan fingerprint density at radius 3 is 2.53 bits per heavy atom. The van der Waals surface area contributed by atoms with Crippen molar-refractivity contribution in [3.8, 4) is 0 Å². The second-order valence-corrected chi connectivity index (χ2v) is 5.74. The molecular weight excluding hydrogens is 208 g/mol. The maximum Gasteiger partial charge on any atom is 0.0823 e. The van der Waals surface area contributed by atoms with E-state index in [9.17, 15) is 5.11 Å².